The number of para-hydroxylation sites is 1. The zero-order chi connectivity index (χ0) is 98.6. The fraction of sp³-hybridized carbons (Fsp3) is 0.0377. The van der Waals surface area contributed by atoms with Crippen LogP contribution in [0.2, 0.25) is 0 Å². The van der Waals surface area contributed by atoms with Crippen LogP contribution in [0.3, 0.4) is 0 Å². The topological polar surface area (TPSA) is 101 Å². The molecule has 0 aliphatic carbocycles. The van der Waals surface area contributed by atoms with Crippen molar-refractivity contribution >= 4 is 181 Å². The van der Waals surface area contributed by atoms with Crippen LogP contribution in [0.25, 0.3) is 44.5 Å². The second-order valence-electron chi connectivity index (χ2n) is 28.8. The Balaban J connectivity index is 0.000000203. The molecule has 0 heterocycles. The van der Waals surface area contributed by atoms with Crippen LogP contribution in [-0.4, -0.2) is 25.5 Å². The normalized spacial score (nSPS) is 10.5. The van der Waals surface area contributed by atoms with Crippen molar-refractivity contribution in [1.29, 1.82) is 0 Å². The van der Waals surface area contributed by atoms with Crippen molar-refractivity contribution < 1.29 is 156 Å². The molecular weight excluding hydrogens is 2430 g/mol. The maximum absolute atomic E-state index is 14.2. The van der Waals surface area contributed by atoms with Crippen molar-refractivity contribution in [2.75, 3.05) is 0 Å². The van der Waals surface area contributed by atoms with Crippen LogP contribution in [0.15, 0.2) is 400 Å². The van der Waals surface area contributed by atoms with E-state index in [2.05, 4.69) is 24.3 Å². The van der Waals surface area contributed by atoms with Crippen molar-refractivity contribution in [3.63, 3.8) is 0 Å². The average Bonchev–Trinajstić information content (AvgIpc) is 0.781. The summed E-state index contributed by atoms with van der Waals surface area (Å²) in [4.78, 5) is 0. The van der Waals surface area contributed by atoms with Gasteiger partial charge < -0.3 is 25.5 Å². The second kappa shape index (κ2) is 66.7. The van der Waals surface area contributed by atoms with Gasteiger partial charge >= 0.3 is 189 Å². The molecule has 137 heavy (non-hydrogen) atoms. The molecule has 0 aliphatic rings. The van der Waals surface area contributed by atoms with E-state index in [1.165, 1.54) is 42.0 Å². The molecule has 31 heteroatoms. The van der Waals surface area contributed by atoms with E-state index < -0.39 is 116 Å². The predicted molar refractivity (Wildman–Crippen MR) is 563 cm³/mol. The van der Waals surface area contributed by atoms with Crippen LogP contribution < -0.4 is 53.0 Å². The number of rotatable bonds is 20. The molecule has 5 atom stereocenters. The van der Waals surface area contributed by atoms with Crippen LogP contribution in [0.1, 0.15) is 38.9 Å². The van der Waals surface area contributed by atoms with Crippen molar-refractivity contribution in [3.05, 3.63) is 474 Å². The molecule has 5 nitrogen and oxygen atoms in total. The zero-order valence-electron chi connectivity index (χ0n) is 72.5. The van der Waals surface area contributed by atoms with Crippen molar-refractivity contribution in [3.8, 4) is 73.3 Å². The van der Waals surface area contributed by atoms with Gasteiger partial charge in [-0.3, -0.25) is 0 Å². The van der Waals surface area contributed by atoms with Gasteiger partial charge in [0.05, 0.1) is 0 Å². The first-order valence-electron chi connectivity index (χ1n) is 41.1. The van der Waals surface area contributed by atoms with E-state index >= 15 is 0 Å². The predicted octanol–water partition coefficient (Wildman–Crippen LogP) is 29.6. The molecule has 0 spiro atoms. The van der Waals surface area contributed by atoms with Crippen molar-refractivity contribution in [2.24, 2.45) is 0 Å². The first-order chi connectivity index (χ1) is 66.5. The third kappa shape index (κ3) is 41.1. The monoisotopic (exact) mass is 2510 g/mol. The van der Waals surface area contributed by atoms with Crippen LogP contribution in [-0.2, 0) is 124 Å². The molecule has 0 saturated heterocycles. The minimum absolute atomic E-state index is 0.0320. The molecular formula is C106H85Cl10F6O5P5Zr5. The van der Waals surface area contributed by atoms with Gasteiger partial charge in [-0.1, -0.05) is 358 Å². The van der Waals surface area contributed by atoms with Crippen molar-refractivity contribution in [1.82, 2.24) is 0 Å². The van der Waals surface area contributed by atoms with Crippen LogP contribution in [0.4, 0.5) is 26.3 Å². The molecule has 0 bridgehead atoms. The molecule has 0 radical (unpaired) electrons. The summed E-state index contributed by atoms with van der Waals surface area (Å²) in [5.41, 5.74) is 14.9. The Hall–Kier alpha value is -5.21. The Kier molecular flexibility index (Phi) is 56.9. The Labute approximate surface area is 898 Å². The summed E-state index contributed by atoms with van der Waals surface area (Å²) in [7, 11) is 49.5. The van der Waals surface area contributed by atoms with Crippen LogP contribution in [0, 0.1) is 41.8 Å². The summed E-state index contributed by atoms with van der Waals surface area (Å²) in [5.74, 6) is -1.08. The van der Waals surface area contributed by atoms with Gasteiger partial charge in [0.2, 0.25) is 0 Å². The van der Waals surface area contributed by atoms with Gasteiger partial charge in [-0.15, -0.1) is 0 Å². The van der Waals surface area contributed by atoms with Gasteiger partial charge in [-0.25, -0.2) is 26.3 Å². The Bertz CT molecular complexity index is 6430. The number of benzene rings is 17. The molecule has 17 rings (SSSR count). The Morgan fingerprint density at radius 3 is 0.978 bits per heavy atom. The van der Waals surface area contributed by atoms with Gasteiger partial charge in [-0.2, -0.15) is 0 Å². The Morgan fingerprint density at radius 2 is 0.533 bits per heavy atom. The summed E-state index contributed by atoms with van der Waals surface area (Å²) in [6.45, 7) is 1.87. The molecule has 696 valence electrons. The first-order valence-corrected chi connectivity index (χ1v) is 77.8. The second-order valence-corrected chi connectivity index (χ2v) is 54.1. The number of aromatic hydroxyl groups is 5. The van der Waals surface area contributed by atoms with E-state index in [0.29, 0.717) is 44.7 Å². The fourth-order valence-electron chi connectivity index (χ4n) is 13.4. The van der Waals surface area contributed by atoms with Crippen molar-refractivity contribution in [2.45, 2.75) is 26.2 Å². The molecule has 5 N–H and O–H groups in total. The van der Waals surface area contributed by atoms with Gasteiger partial charge in [0.25, 0.3) is 0 Å². The van der Waals surface area contributed by atoms with Gasteiger partial charge in [-0.05, 0) is 171 Å². The molecule has 0 saturated carbocycles. The molecule has 0 amide bonds. The Morgan fingerprint density at radius 1 is 0.212 bits per heavy atom. The van der Waals surface area contributed by atoms with Gasteiger partial charge in [0, 0.05) is 76.7 Å². The summed E-state index contributed by atoms with van der Waals surface area (Å²) in [6.07, 6.45) is 2.10. The maximum atomic E-state index is 14.2. The molecule has 0 fully saturated rings. The van der Waals surface area contributed by atoms with E-state index in [4.69, 9.17) is 85.1 Å². The molecule has 17 aromatic rings. The van der Waals surface area contributed by atoms with E-state index in [1.807, 2.05) is 286 Å². The van der Waals surface area contributed by atoms with E-state index in [-0.39, 0.29) is 94.9 Å². The zero-order valence-corrected chi connectivity index (χ0v) is 97.4. The minimum atomic E-state index is -0.826. The number of phenolic OH excluding ortho intramolecular Hbond substituents is 5. The molecule has 17 aromatic carbocycles. The SMILES string of the molecule is Cc1ccc(Pc2cc(Cc3ccccc3)ccc2O)c(F)c1.Oc1c(Cc2ccccc2)cc(Cc2ccccc2)cc1Pc1ccc(F)cc1F.Oc1c(Pc2ccccc2F)cc(-c2ccccc2)cc1-c1ccccc1.Oc1c(Pc2ccccc2F)cccc1-c1ccccc1.Oc1ccc(-c2ccccc2)cc1Pc1ccccc1F.[Cl][Zr][Cl].[Cl][Zr][Cl].[Cl][Zr][Cl].[Cl][Zr][Cl].[Cl][Zr][Cl]. The first kappa shape index (κ1) is 117. The summed E-state index contributed by atoms with van der Waals surface area (Å²) < 4.78 is 83.3. The summed E-state index contributed by atoms with van der Waals surface area (Å²) >= 11 is -4.13. The number of aryl methyl sites for hydroxylation is 1. The van der Waals surface area contributed by atoms with E-state index in [0.717, 1.165) is 112 Å². The number of hydrogen-bond acceptors (Lipinski definition) is 5. The summed E-state index contributed by atoms with van der Waals surface area (Å²) in [5, 5.41) is 59.0. The fourth-order valence-corrected chi connectivity index (χ4v) is 19.1. The number of hydrogen-bond donors (Lipinski definition) is 5. The standard InChI is InChI=1S/C26H21F2OP.C24H18FOP.C20H18FOP.2C18H14FOP.10ClH.5Zr/c27-22-11-12-24(23(28)17-22)30-25-16-20(13-18-7-3-1-4-8-18)15-21(26(25)29)14-19-9-5-2-6-10-19;25-21-13-7-8-14-22(21)27-23-16-19(17-9-3-1-4-10-17)15-20(24(23)26)18-11-5-2-6-12-18;1-14-7-10-19(17(21)11-14)23-20-13-16(8-9-18(20)22)12-15-5-3-2-4-6-15;19-15-10-4-5-11-16(15)21-17-12-6-9-14(18(17)20)13-7-2-1-3-8-13;19-15-8-4-5-9-17(15)21-18-12-14(10-11-16(18)20)13-6-2-1-3-7-13;;;;;;;;;;;;;;;/h1-12,15-17,29-30H,13-14H2;1-16,26-27H;2-11,13,22-23H,12H2,1H3;2*1-12,20-21H;10*1H;;;;;/q;;;;;;;;;;;;;;;5*+2/p-10. The quantitative estimate of drug-likeness (QED) is 0.0387. The molecule has 0 aromatic heterocycles. The average molecular weight is 2520 g/mol. The van der Waals surface area contributed by atoms with Gasteiger partial charge in [0.1, 0.15) is 63.7 Å². The summed E-state index contributed by atoms with van der Waals surface area (Å²) in [6, 6.07) is 123. The van der Waals surface area contributed by atoms with E-state index in [9.17, 15) is 51.9 Å². The van der Waals surface area contributed by atoms with Crippen LogP contribution >= 0.6 is 128 Å². The third-order valence-corrected chi connectivity index (χ3v) is 26.3. The van der Waals surface area contributed by atoms with E-state index in [1.54, 1.807) is 54.6 Å². The number of halogens is 16. The van der Waals surface area contributed by atoms with Gasteiger partial charge in [0.15, 0.2) is 0 Å². The molecule has 5 unspecified atom stereocenters. The molecule has 0 aliphatic heterocycles. The third-order valence-electron chi connectivity index (χ3n) is 19.6. The number of phenols is 5. The van der Waals surface area contributed by atoms with Crippen LogP contribution in [0.5, 0.6) is 28.7 Å².